The lowest BCUT2D eigenvalue weighted by atomic mass is 9.58. The van der Waals surface area contributed by atoms with Crippen LogP contribution in [0.3, 0.4) is 0 Å². The zero-order valence-electron chi connectivity index (χ0n) is 18.7. The smallest absolute Gasteiger partial charge is 0.201 e. The van der Waals surface area contributed by atoms with Crippen molar-refractivity contribution in [3.05, 3.63) is 29.8 Å². The molecule has 0 aromatic heterocycles. The van der Waals surface area contributed by atoms with Crippen molar-refractivity contribution in [1.82, 2.24) is 5.32 Å². The molecule has 1 N–H and O–H groups in total. The number of benzene rings is 1. The van der Waals surface area contributed by atoms with Crippen molar-refractivity contribution in [3.8, 4) is 0 Å². The molecule has 0 unspecified atom stereocenters. The van der Waals surface area contributed by atoms with Crippen LogP contribution >= 0.6 is 0 Å². The van der Waals surface area contributed by atoms with Gasteiger partial charge in [0.2, 0.25) is 5.79 Å². The molecule has 1 spiro atoms. The first kappa shape index (κ1) is 21.8. The Morgan fingerprint density at radius 1 is 1.06 bits per heavy atom. The molecule has 1 aromatic rings. The maximum absolute atomic E-state index is 11.7. The standard InChI is InChI=1S/C23H33NO6S/c1-14-5-10-19-15(2)20(24-13-16-6-8-17(9-7-16)31(4,25)26)27-21-23(19)18(14)11-12-22(3,28-21)29-30-23/h6-9,14-15,18-21,24H,5,10-13H2,1-4H3/t14-,15-,18+,19+,20-,21-,22-,23-/m1/s1. The molecule has 7 nitrogen and oxygen atoms in total. The predicted molar refractivity (Wildman–Crippen MR) is 113 cm³/mol. The molecule has 1 saturated carbocycles. The Bertz CT molecular complexity index is 936. The average Bonchev–Trinajstić information content (AvgIpc) is 2.95. The number of fused-ring (bicyclic) bond motifs is 2. The van der Waals surface area contributed by atoms with Gasteiger partial charge >= 0.3 is 0 Å². The van der Waals surface area contributed by atoms with E-state index in [-0.39, 0.29) is 18.1 Å². The van der Waals surface area contributed by atoms with Crippen molar-refractivity contribution in [3.63, 3.8) is 0 Å². The van der Waals surface area contributed by atoms with E-state index in [1.54, 1.807) is 12.1 Å². The summed E-state index contributed by atoms with van der Waals surface area (Å²) in [4.78, 5) is 12.4. The lowest BCUT2D eigenvalue weighted by molar-refractivity contribution is -0.571. The molecule has 8 atom stereocenters. The van der Waals surface area contributed by atoms with Crippen LogP contribution in [0.15, 0.2) is 29.2 Å². The summed E-state index contributed by atoms with van der Waals surface area (Å²) in [7, 11) is -3.19. The van der Waals surface area contributed by atoms with Crippen LogP contribution in [-0.4, -0.2) is 38.6 Å². The van der Waals surface area contributed by atoms with Gasteiger partial charge in [-0.3, -0.25) is 5.32 Å². The predicted octanol–water partition coefficient (Wildman–Crippen LogP) is 3.39. The highest BCUT2D eigenvalue weighted by atomic mass is 32.2. The van der Waals surface area contributed by atoms with E-state index in [9.17, 15) is 8.42 Å². The minimum atomic E-state index is -3.19. The van der Waals surface area contributed by atoms with Gasteiger partial charge in [-0.05, 0) is 55.7 Å². The van der Waals surface area contributed by atoms with E-state index in [0.717, 1.165) is 24.8 Å². The van der Waals surface area contributed by atoms with Gasteiger partial charge < -0.3 is 9.47 Å². The van der Waals surface area contributed by atoms with Gasteiger partial charge in [0, 0.05) is 31.1 Å². The molecule has 4 aliphatic heterocycles. The molecule has 4 heterocycles. The van der Waals surface area contributed by atoms with Crippen molar-refractivity contribution in [2.45, 2.75) is 81.8 Å². The summed E-state index contributed by atoms with van der Waals surface area (Å²) in [5.41, 5.74) is 0.455. The topological polar surface area (TPSA) is 83.1 Å². The van der Waals surface area contributed by atoms with Crippen molar-refractivity contribution in [2.75, 3.05) is 6.26 Å². The molecule has 0 radical (unpaired) electrons. The van der Waals surface area contributed by atoms with E-state index in [1.807, 2.05) is 19.1 Å². The molecule has 31 heavy (non-hydrogen) atoms. The zero-order chi connectivity index (χ0) is 22.0. The summed E-state index contributed by atoms with van der Waals surface area (Å²) in [5, 5.41) is 3.53. The second-order valence-corrected chi connectivity index (χ2v) is 12.1. The number of hydrogen-bond acceptors (Lipinski definition) is 7. The molecule has 6 rings (SSSR count). The molecule has 5 aliphatic rings. The third kappa shape index (κ3) is 3.56. The average molecular weight is 452 g/mol. The first-order valence-corrected chi connectivity index (χ1v) is 13.2. The number of sulfone groups is 1. The van der Waals surface area contributed by atoms with Crippen LogP contribution in [0, 0.1) is 23.7 Å². The third-order valence-electron chi connectivity index (χ3n) is 8.02. The van der Waals surface area contributed by atoms with Crippen LogP contribution < -0.4 is 5.32 Å². The van der Waals surface area contributed by atoms with Gasteiger partial charge in [-0.25, -0.2) is 18.2 Å². The Morgan fingerprint density at radius 2 is 1.81 bits per heavy atom. The summed E-state index contributed by atoms with van der Waals surface area (Å²) in [6.45, 7) is 7.05. The number of nitrogens with one attached hydrogen (secondary N) is 1. The highest BCUT2D eigenvalue weighted by Crippen LogP contribution is 2.60. The Morgan fingerprint density at radius 3 is 2.52 bits per heavy atom. The highest BCUT2D eigenvalue weighted by molar-refractivity contribution is 7.90. The Hall–Kier alpha value is -1.03. The van der Waals surface area contributed by atoms with E-state index in [2.05, 4.69) is 19.2 Å². The van der Waals surface area contributed by atoms with Gasteiger partial charge in [0.1, 0.15) is 6.23 Å². The summed E-state index contributed by atoms with van der Waals surface area (Å²) >= 11 is 0. The largest absolute Gasteiger partial charge is 0.331 e. The van der Waals surface area contributed by atoms with Gasteiger partial charge in [0.25, 0.3) is 0 Å². The molecular formula is C23H33NO6S. The third-order valence-corrected chi connectivity index (χ3v) is 9.15. The summed E-state index contributed by atoms with van der Waals surface area (Å²) in [5.74, 6) is 0.619. The van der Waals surface area contributed by atoms with Crippen molar-refractivity contribution >= 4 is 9.84 Å². The first-order valence-electron chi connectivity index (χ1n) is 11.3. The van der Waals surface area contributed by atoms with Crippen molar-refractivity contribution in [2.24, 2.45) is 23.7 Å². The maximum Gasteiger partial charge on any atom is 0.201 e. The van der Waals surface area contributed by atoms with Crippen LogP contribution in [-0.2, 0) is 35.6 Å². The normalized spacial score (nSPS) is 44.5. The van der Waals surface area contributed by atoms with E-state index < -0.39 is 27.5 Å². The zero-order valence-corrected chi connectivity index (χ0v) is 19.5. The Kier molecular flexibility index (Phi) is 5.27. The van der Waals surface area contributed by atoms with Gasteiger partial charge in [-0.15, -0.1) is 0 Å². The summed E-state index contributed by atoms with van der Waals surface area (Å²) in [6, 6.07) is 7.00. The van der Waals surface area contributed by atoms with Crippen molar-refractivity contribution < 1.29 is 27.7 Å². The lowest BCUT2D eigenvalue weighted by Crippen LogP contribution is -2.71. The minimum Gasteiger partial charge on any atom is -0.331 e. The molecule has 4 saturated heterocycles. The van der Waals surface area contributed by atoms with E-state index in [1.165, 1.54) is 12.7 Å². The first-order chi connectivity index (χ1) is 14.6. The molecule has 1 aliphatic carbocycles. The molecule has 0 amide bonds. The quantitative estimate of drug-likeness (QED) is 0.703. The second-order valence-electron chi connectivity index (χ2n) is 10.1. The van der Waals surface area contributed by atoms with Crippen LogP contribution in [0.5, 0.6) is 0 Å². The highest BCUT2D eigenvalue weighted by Gasteiger charge is 2.69. The fraction of sp³-hybridized carbons (Fsp3) is 0.739. The molecule has 8 heteroatoms. The number of ether oxygens (including phenoxy) is 2. The van der Waals surface area contributed by atoms with Crippen LogP contribution in [0.2, 0.25) is 0 Å². The molecule has 172 valence electrons. The van der Waals surface area contributed by atoms with E-state index >= 15 is 0 Å². The summed E-state index contributed by atoms with van der Waals surface area (Å²) < 4.78 is 36.3. The Labute approximate surface area is 184 Å². The van der Waals surface area contributed by atoms with Crippen molar-refractivity contribution in [1.29, 1.82) is 0 Å². The Balaban J connectivity index is 1.36. The molecule has 5 fully saturated rings. The maximum atomic E-state index is 11.7. The van der Waals surface area contributed by atoms with Gasteiger partial charge in [-0.1, -0.05) is 26.0 Å². The summed E-state index contributed by atoms with van der Waals surface area (Å²) in [6.07, 6.45) is 4.63. The van der Waals surface area contributed by atoms with Gasteiger partial charge in [0.05, 0.1) is 4.90 Å². The molecule has 1 aromatic carbocycles. The fourth-order valence-corrected chi connectivity index (χ4v) is 6.84. The van der Waals surface area contributed by atoms with Crippen LogP contribution in [0.25, 0.3) is 0 Å². The lowest BCUT2D eigenvalue weighted by Gasteiger charge is -2.60. The van der Waals surface area contributed by atoms with E-state index in [0.29, 0.717) is 23.3 Å². The van der Waals surface area contributed by atoms with Gasteiger partial charge in [-0.2, -0.15) is 0 Å². The second kappa shape index (κ2) is 7.50. The molecular weight excluding hydrogens is 418 g/mol. The van der Waals surface area contributed by atoms with E-state index in [4.69, 9.17) is 19.2 Å². The fourth-order valence-electron chi connectivity index (χ4n) is 6.21. The van der Waals surface area contributed by atoms with Crippen LogP contribution in [0.1, 0.15) is 52.0 Å². The number of hydrogen-bond donors (Lipinski definition) is 1. The minimum absolute atomic E-state index is 0.184. The molecule has 2 bridgehead atoms. The van der Waals surface area contributed by atoms with Crippen LogP contribution in [0.4, 0.5) is 0 Å². The number of rotatable bonds is 4. The van der Waals surface area contributed by atoms with Gasteiger partial charge in [0.15, 0.2) is 21.7 Å². The SMILES string of the molecule is C[C@H]1[C@H](NCc2ccc(S(C)(=O)=O)cc2)O[C@@H]2O[C@@]3(C)CC[C@H]4[C@H](C)CC[C@@H]1[C@@]24OO3. The monoisotopic (exact) mass is 451 g/mol.